The van der Waals surface area contributed by atoms with Crippen molar-refractivity contribution in [3.8, 4) is 5.75 Å². The van der Waals surface area contributed by atoms with Gasteiger partial charge in [-0.05, 0) is 55.0 Å². The van der Waals surface area contributed by atoms with Gasteiger partial charge in [0, 0.05) is 29.6 Å². The zero-order chi connectivity index (χ0) is 21.3. The molecule has 0 amide bonds. The van der Waals surface area contributed by atoms with Gasteiger partial charge in [-0.15, -0.1) is 5.10 Å². The van der Waals surface area contributed by atoms with Gasteiger partial charge in [-0.2, -0.15) is 0 Å². The first-order valence-electron chi connectivity index (χ1n) is 10.3. The molecule has 0 unspecified atom stereocenters. The number of H-pyrrole nitrogens is 1. The molecule has 1 atom stereocenters. The number of pyridine rings is 1. The van der Waals surface area contributed by atoms with Crippen LogP contribution in [0.3, 0.4) is 0 Å². The summed E-state index contributed by atoms with van der Waals surface area (Å²) in [6.07, 6.45) is 0.853. The Balaban J connectivity index is 1.90. The molecular formula is C21H28N6O3. The van der Waals surface area contributed by atoms with Gasteiger partial charge in [0.1, 0.15) is 11.8 Å². The number of tetrazole rings is 1. The number of fused-ring (bicyclic) bond motifs is 1. The average molecular weight is 412 g/mol. The van der Waals surface area contributed by atoms with Gasteiger partial charge in [-0.3, -0.25) is 9.69 Å². The van der Waals surface area contributed by atoms with Crippen LogP contribution < -0.4 is 10.3 Å². The molecule has 3 heterocycles. The normalized spacial score (nSPS) is 16.7. The van der Waals surface area contributed by atoms with E-state index in [-0.39, 0.29) is 17.1 Å². The van der Waals surface area contributed by atoms with Crippen molar-refractivity contribution in [2.75, 3.05) is 33.4 Å². The lowest BCUT2D eigenvalue weighted by molar-refractivity contribution is 0.0204. The van der Waals surface area contributed by atoms with Crippen molar-refractivity contribution < 1.29 is 9.47 Å². The summed E-state index contributed by atoms with van der Waals surface area (Å²) >= 11 is 0. The molecule has 0 aliphatic carbocycles. The Bertz CT molecular complexity index is 1080. The minimum Gasteiger partial charge on any atom is -0.497 e. The van der Waals surface area contributed by atoms with E-state index in [0.717, 1.165) is 23.1 Å². The molecule has 160 valence electrons. The second-order valence-electron chi connectivity index (χ2n) is 8.17. The molecule has 9 nitrogen and oxygen atoms in total. The van der Waals surface area contributed by atoms with Gasteiger partial charge in [-0.1, -0.05) is 6.92 Å². The lowest BCUT2D eigenvalue weighted by atomic mass is 9.99. The Hall–Kier alpha value is -2.78. The van der Waals surface area contributed by atoms with E-state index in [9.17, 15) is 4.79 Å². The molecule has 1 N–H and O–H groups in total. The van der Waals surface area contributed by atoms with Gasteiger partial charge in [-0.25, -0.2) is 4.68 Å². The number of nitrogens with one attached hydrogen (secondary N) is 1. The van der Waals surface area contributed by atoms with E-state index >= 15 is 0 Å². The molecule has 0 radical (unpaired) electrons. The highest BCUT2D eigenvalue weighted by atomic mass is 16.5. The fourth-order valence-corrected chi connectivity index (χ4v) is 3.81. The number of aromatic amines is 1. The van der Waals surface area contributed by atoms with Crippen LogP contribution in [-0.2, 0) is 10.3 Å². The van der Waals surface area contributed by atoms with Crippen LogP contribution in [0.25, 0.3) is 10.9 Å². The summed E-state index contributed by atoms with van der Waals surface area (Å²) in [6.45, 7) is 8.89. The van der Waals surface area contributed by atoms with Crippen molar-refractivity contribution >= 4 is 10.9 Å². The first kappa shape index (κ1) is 20.5. The molecule has 9 heteroatoms. The summed E-state index contributed by atoms with van der Waals surface area (Å²) in [5, 5.41) is 13.5. The van der Waals surface area contributed by atoms with Gasteiger partial charge in [0.15, 0.2) is 5.82 Å². The summed E-state index contributed by atoms with van der Waals surface area (Å²) in [5.41, 5.74) is 0.948. The maximum absolute atomic E-state index is 13.2. The monoisotopic (exact) mass is 412 g/mol. The third kappa shape index (κ3) is 3.70. The summed E-state index contributed by atoms with van der Waals surface area (Å²) in [5.74, 6) is 1.40. The molecule has 0 bridgehead atoms. The fraction of sp³-hybridized carbons (Fsp3) is 0.524. The van der Waals surface area contributed by atoms with Crippen LogP contribution in [0.15, 0.2) is 29.1 Å². The van der Waals surface area contributed by atoms with E-state index in [1.54, 1.807) is 7.11 Å². The zero-order valence-corrected chi connectivity index (χ0v) is 17.9. The van der Waals surface area contributed by atoms with Crippen molar-refractivity contribution in [3.63, 3.8) is 0 Å². The van der Waals surface area contributed by atoms with Crippen LogP contribution in [-0.4, -0.2) is 63.5 Å². The number of hydrogen-bond donors (Lipinski definition) is 1. The highest BCUT2D eigenvalue weighted by Gasteiger charge is 2.34. The molecule has 1 aliphatic rings. The predicted octanol–water partition coefficient (Wildman–Crippen LogP) is 2.09. The lowest BCUT2D eigenvalue weighted by Gasteiger charge is -2.35. The zero-order valence-electron chi connectivity index (χ0n) is 17.9. The Labute approximate surface area is 175 Å². The second kappa shape index (κ2) is 8.16. The number of benzene rings is 1. The molecule has 30 heavy (non-hydrogen) atoms. The number of nitrogens with zero attached hydrogens (tertiary/aromatic N) is 5. The van der Waals surface area contributed by atoms with Gasteiger partial charge in [0.25, 0.3) is 5.56 Å². The molecule has 4 rings (SSSR count). The number of ether oxygens (including phenoxy) is 2. The smallest absolute Gasteiger partial charge is 0.253 e. The minimum atomic E-state index is -0.380. The largest absolute Gasteiger partial charge is 0.497 e. The molecule has 0 saturated carbocycles. The Kier molecular flexibility index (Phi) is 5.57. The topological polar surface area (TPSA) is 98.2 Å². The molecule has 3 aromatic rings. The van der Waals surface area contributed by atoms with E-state index in [1.807, 2.05) is 28.9 Å². The summed E-state index contributed by atoms with van der Waals surface area (Å²) in [4.78, 5) is 18.4. The summed E-state index contributed by atoms with van der Waals surface area (Å²) in [6, 6.07) is 7.16. The second-order valence-corrected chi connectivity index (χ2v) is 8.17. The SMILES string of the molecule is CCC(C)(C)n1nnnc1[C@H](c1cc2cc(OC)ccc2[nH]c1=O)N1CCOCC1. The molecule has 2 aromatic heterocycles. The average Bonchev–Trinajstić information content (AvgIpc) is 3.25. The third-order valence-corrected chi connectivity index (χ3v) is 5.96. The molecule has 1 aromatic carbocycles. The molecule has 1 fully saturated rings. The number of methoxy groups -OCH3 is 1. The predicted molar refractivity (Wildman–Crippen MR) is 113 cm³/mol. The molecule has 1 saturated heterocycles. The number of aromatic nitrogens is 5. The van der Waals surface area contributed by atoms with Crippen LogP contribution in [0.1, 0.15) is 44.6 Å². The first-order valence-corrected chi connectivity index (χ1v) is 10.3. The van der Waals surface area contributed by atoms with Crippen molar-refractivity contribution in [2.24, 2.45) is 0 Å². The van der Waals surface area contributed by atoms with E-state index in [4.69, 9.17) is 9.47 Å². The van der Waals surface area contributed by atoms with Crippen LogP contribution in [0.5, 0.6) is 5.75 Å². The van der Waals surface area contributed by atoms with Gasteiger partial charge in [0.05, 0.1) is 25.9 Å². The lowest BCUT2D eigenvalue weighted by Crippen LogP contribution is -2.43. The van der Waals surface area contributed by atoms with E-state index in [1.165, 1.54) is 0 Å². The summed E-state index contributed by atoms with van der Waals surface area (Å²) < 4.78 is 12.8. The Morgan fingerprint density at radius 2 is 2.03 bits per heavy atom. The Morgan fingerprint density at radius 1 is 1.27 bits per heavy atom. The highest BCUT2D eigenvalue weighted by Crippen LogP contribution is 2.31. The van der Waals surface area contributed by atoms with Crippen molar-refractivity contribution in [3.05, 3.63) is 46.0 Å². The number of rotatable bonds is 6. The fourth-order valence-electron chi connectivity index (χ4n) is 3.81. The van der Waals surface area contributed by atoms with Crippen molar-refractivity contribution in [2.45, 2.75) is 38.8 Å². The van der Waals surface area contributed by atoms with Crippen LogP contribution in [0.2, 0.25) is 0 Å². The number of morpholine rings is 1. The van der Waals surface area contributed by atoms with Crippen molar-refractivity contribution in [1.29, 1.82) is 0 Å². The minimum absolute atomic E-state index is 0.145. The third-order valence-electron chi connectivity index (χ3n) is 5.96. The standard InChI is InChI=1S/C21H28N6O3/c1-5-21(2,3)27-19(23-24-25-27)18(26-8-10-30-11-9-26)16-13-14-12-15(29-4)6-7-17(14)22-20(16)28/h6-7,12-13,18H,5,8-11H2,1-4H3,(H,22,28)/t18-/m0/s1. The maximum Gasteiger partial charge on any atom is 0.253 e. The Morgan fingerprint density at radius 3 is 2.73 bits per heavy atom. The van der Waals surface area contributed by atoms with E-state index < -0.39 is 0 Å². The maximum atomic E-state index is 13.2. The first-order chi connectivity index (χ1) is 14.4. The molecular weight excluding hydrogens is 384 g/mol. The van der Waals surface area contributed by atoms with Gasteiger partial charge < -0.3 is 14.5 Å². The molecule has 1 aliphatic heterocycles. The van der Waals surface area contributed by atoms with Crippen molar-refractivity contribution in [1.82, 2.24) is 30.1 Å². The molecule has 0 spiro atoms. The van der Waals surface area contributed by atoms with Crippen LogP contribution >= 0.6 is 0 Å². The van der Waals surface area contributed by atoms with E-state index in [0.29, 0.717) is 37.7 Å². The van der Waals surface area contributed by atoms with Crippen LogP contribution in [0, 0.1) is 0 Å². The van der Waals surface area contributed by atoms with Crippen LogP contribution in [0.4, 0.5) is 0 Å². The quantitative estimate of drug-likeness (QED) is 0.662. The van der Waals surface area contributed by atoms with Gasteiger partial charge >= 0.3 is 0 Å². The summed E-state index contributed by atoms with van der Waals surface area (Å²) in [7, 11) is 1.63. The number of hydrogen-bond acceptors (Lipinski definition) is 7. The van der Waals surface area contributed by atoms with E-state index in [2.05, 4.69) is 46.2 Å². The highest BCUT2D eigenvalue weighted by molar-refractivity contribution is 5.80. The van der Waals surface area contributed by atoms with Gasteiger partial charge in [0.2, 0.25) is 0 Å².